The molecule has 6 heteroatoms. The Hall–Kier alpha value is -2.50. The molecule has 6 nitrogen and oxygen atoms in total. The molecule has 0 atom stereocenters. The van der Waals surface area contributed by atoms with Crippen molar-refractivity contribution in [2.75, 3.05) is 11.9 Å². The summed E-state index contributed by atoms with van der Waals surface area (Å²) in [7, 11) is 1.99. The lowest BCUT2D eigenvalue weighted by Crippen LogP contribution is -2.20. The van der Waals surface area contributed by atoms with Crippen LogP contribution in [0.4, 0.5) is 5.82 Å². The van der Waals surface area contributed by atoms with E-state index in [1.54, 1.807) is 0 Å². The molecule has 0 saturated carbocycles. The van der Waals surface area contributed by atoms with E-state index >= 15 is 0 Å². The number of nitrogens with zero attached hydrogens (tertiary/aromatic N) is 6. The first-order chi connectivity index (χ1) is 9.63. The molecule has 0 radical (unpaired) electrons. The first kappa shape index (κ1) is 12.5. The molecule has 3 rings (SSSR count). The topological polar surface area (TPSA) is 59.2 Å². The molecule has 0 spiro atoms. The Kier molecular flexibility index (Phi) is 3.06. The Bertz CT molecular complexity index is 728. The molecule has 20 heavy (non-hydrogen) atoms. The van der Waals surface area contributed by atoms with Crippen LogP contribution in [0.3, 0.4) is 0 Å². The van der Waals surface area contributed by atoms with Crippen molar-refractivity contribution < 1.29 is 0 Å². The van der Waals surface area contributed by atoms with Crippen LogP contribution in [0.25, 0.3) is 5.65 Å². The minimum Gasteiger partial charge on any atom is -0.352 e. The van der Waals surface area contributed by atoms with Crippen molar-refractivity contribution in [3.8, 4) is 0 Å². The van der Waals surface area contributed by atoms with Gasteiger partial charge in [-0.15, -0.1) is 10.2 Å². The zero-order valence-electron chi connectivity index (χ0n) is 11.8. The molecule has 102 valence electrons. The van der Waals surface area contributed by atoms with Crippen molar-refractivity contribution >= 4 is 11.5 Å². The first-order valence-electron chi connectivity index (χ1n) is 6.45. The molecule has 3 aromatic heterocycles. The minimum absolute atomic E-state index is 0.640. The lowest BCUT2D eigenvalue weighted by molar-refractivity contribution is 0.801. The van der Waals surface area contributed by atoms with E-state index in [2.05, 4.69) is 20.2 Å². The zero-order valence-corrected chi connectivity index (χ0v) is 11.8. The maximum absolute atomic E-state index is 4.45. The number of pyridine rings is 1. The zero-order chi connectivity index (χ0) is 14.1. The summed E-state index contributed by atoms with van der Waals surface area (Å²) in [4.78, 5) is 10.8. The standard InChI is InChI=1S/C14H16N6/c1-10-8-13(16-11(2)15-10)19(3)9-14-18-17-12-6-4-5-7-20(12)14/h4-8H,9H2,1-3H3. The second-order valence-corrected chi connectivity index (χ2v) is 4.82. The van der Waals surface area contributed by atoms with Gasteiger partial charge in [-0.05, 0) is 26.0 Å². The Balaban J connectivity index is 1.90. The molecule has 3 aromatic rings. The number of aromatic nitrogens is 5. The summed E-state index contributed by atoms with van der Waals surface area (Å²) in [5.41, 5.74) is 1.82. The van der Waals surface area contributed by atoms with Gasteiger partial charge < -0.3 is 4.90 Å². The Morgan fingerprint density at radius 1 is 1.15 bits per heavy atom. The average Bonchev–Trinajstić information content (AvgIpc) is 2.81. The molecular formula is C14H16N6. The maximum atomic E-state index is 4.45. The molecule has 0 aromatic carbocycles. The first-order valence-corrected chi connectivity index (χ1v) is 6.45. The van der Waals surface area contributed by atoms with Gasteiger partial charge in [0, 0.05) is 25.0 Å². The van der Waals surface area contributed by atoms with E-state index in [1.807, 2.05) is 60.7 Å². The summed E-state index contributed by atoms with van der Waals surface area (Å²) in [5.74, 6) is 2.55. The molecule has 0 amide bonds. The van der Waals surface area contributed by atoms with Crippen LogP contribution < -0.4 is 4.90 Å². The number of anilines is 1. The highest BCUT2D eigenvalue weighted by molar-refractivity contribution is 5.41. The van der Waals surface area contributed by atoms with Gasteiger partial charge in [-0.1, -0.05) is 6.07 Å². The molecule has 0 aliphatic rings. The lowest BCUT2D eigenvalue weighted by Gasteiger charge is -2.17. The van der Waals surface area contributed by atoms with Crippen molar-refractivity contribution in [2.24, 2.45) is 0 Å². The monoisotopic (exact) mass is 268 g/mol. The molecule has 0 aliphatic carbocycles. The van der Waals surface area contributed by atoms with Crippen LogP contribution >= 0.6 is 0 Å². The third-order valence-corrected chi connectivity index (χ3v) is 3.11. The predicted octanol–water partition coefficient (Wildman–Crippen LogP) is 1.77. The molecule has 0 bridgehead atoms. The summed E-state index contributed by atoms with van der Waals surface area (Å²) in [6.07, 6.45) is 1.97. The second-order valence-electron chi connectivity index (χ2n) is 4.82. The van der Waals surface area contributed by atoms with Crippen LogP contribution in [-0.4, -0.2) is 31.6 Å². The van der Waals surface area contributed by atoms with E-state index in [0.29, 0.717) is 6.54 Å². The van der Waals surface area contributed by atoms with Crippen molar-refractivity contribution in [1.82, 2.24) is 24.6 Å². The van der Waals surface area contributed by atoms with Gasteiger partial charge in [-0.3, -0.25) is 4.40 Å². The van der Waals surface area contributed by atoms with Crippen LogP contribution in [0.5, 0.6) is 0 Å². The normalized spacial score (nSPS) is 10.9. The molecule has 0 saturated heterocycles. The average molecular weight is 268 g/mol. The van der Waals surface area contributed by atoms with E-state index in [1.165, 1.54) is 0 Å². The van der Waals surface area contributed by atoms with E-state index in [9.17, 15) is 0 Å². The summed E-state index contributed by atoms with van der Waals surface area (Å²) >= 11 is 0. The largest absolute Gasteiger partial charge is 0.352 e. The molecule has 0 N–H and O–H groups in total. The highest BCUT2D eigenvalue weighted by Gasteiger charge is 2.10. The van der Waals surface area contributed by atoms with Crippen molar-refractivity contribution in [2.45, 2.75) is 20.4 Å². The quantitative estimate of drug-likeness (QED) is 0.724. The van der Waals surface area contributed by atoms with E-state index in [0.717, 1.165) is 28.8 Å². The van der Waals surface area contributed by atoms with Gasteiger partial charge in [0.25, 0.3) is 0 Å². The van der Waals surface area contributed by atoms with Gasteiger partial charge in [0.1, 0.15) is 11.6 Å². The van der Waals surface area contributed by atoms with Gasteiger partial charge >= 0.3 is 0 Å². The van der Waals surface area contributed by atoms with Crippen LogP contribution in [0, 0.1) is 13.8 Å². The summed E-state index contributed by atoms with van der Waals surface area (Å²) in [6, 6.07) is 7.83. The Labute approximate surface area is 117 Å². The number of aryl methyl sites for hydroxylation is 2. The van der Waals surface area contributed by atoms with Crippen LogP contribution in [-0.2, 0) is 6.54 Å². The molecule has 0 aliphatic heterocycles. The summed E-state index contributed by atoms with van der Waals surface area (Å²) < 4.78 is 1.98. The van der Waals surface area contributed by atoms with Gasteiger partial charge in [0.15, 0.2) is 11.5 Å². The number of fused-ring (bicyclic) bond motifs is 1. The second kappa shape index (κ2) is 4.88. The number of rotatable bonds is 3. The summed E-state index contributed by atoms with van der Waals surface area (Å²) in [6.45, 7) is 4.51. The lowest BCUT2D eigenvalue weighted by atomic mass is 10.4. The minimum atomic E-state index is 0.640. The Morgan fingerprint density at radius 3 is 2.80 bits per heavy atom. The van der Waals surface area contributed by atoms with E-state index in [-0.39, 0.29) is 0 Å². The molecular weight excluding hydrogens is 252 g/mol. The van der Waals surface area contributed by atoms with Crippen molar-refractivity contribution in [3.05, 3.63) is 47.8 Å². The number of hydrogen-bond acceptors (Lipinski definition) is 5. The van der Waals surface area contributed by atoms with Crippen molar-refractivity contribution in [3.63, 3.8) is 0 Å². The predicted molar refractivity (Wildman–Crippen MR) is 76.6 cm³/mol. The van der Waals surface area contributed by atoms with Crippen LogP contribution in [0.15, 0.2) is 30.5 Å². The maximum Gasteiger partial charge on any atom is 0.160 e. The van der Waals surface area contributed by atoms with E-state index < -0.39 is 0 Å². The SMILES string of the molecule is Cc1cc(N(C)Cc2nnc3ccccn23)nc(C)n1. The van der Waals surface area contributed by atoms with Crippen LogP contribution in [0.2, 0.25) is 0 Å². The van der Waals surface area contributed by atoms with Gasteiger partial charge in [0.05, 0.1) is 6.54 Å². The van der Waals surface area contributed by atoms with Gasteiger partial charge in [0.2, 0.25) is 0 Å². The van der Waals surface area contributed by atoms with E-state index in [4.69, 9.17) is 0 Å². The number of hydrogen-bond donors (Lipinski definition) is 0. The molecule has 0 unspecified atom stereocenters. The third kappa shape index (κ3) is 2.32. The fourth-order valence-electron chi connectivity index (χ4n) is 2.18. The van der Waals surface area contributed by atoms with Crippen molar-refractivity contribution in [1.29, 1.82) is 0 Å². The third-order valence-electron chi connectivity index (χ3n) is 3.11. The smallest absolute Gasteiger partial charge is 0.160 e. The summed E-state index contributed by atoms with van der Waals surface area (Å²) in [5, 5.41) is 8.39. The molecule has 3 heterocycles. The van der Waals surface area contributed by atoms with Gasteiger partial charge in [-0.2, -0.15) is 0 Å². The van der Waals surface area contributed by atoms with Crippen LogP contribution in [0.1, 0.15) is 17.3 Å². The highest BCUT2D eigenvalue weighted by atomic mass is 15.3. The fourth-order valence-corrected chi connectivity index (χ4v) is 2.18. The highest BCUT2D eigenvalue weighted by Crippen LogP contribution is 2.13. The Morgan fingerprint density at radius 2 is 2.00 bits per heavy atom. The van der Waals surface area contributed by atoms with Gasteiger partial charge in [-0.25, -0.2) is 9.97 Å². The molecule has 0 fully saturated rings. The fraction of sp³-hybridized carbons (Fsp3) is 0.286.